The molecule has 4 nitrogen and oxygen atoms in total. The van der Waals surface area contributed by atoms with Gasteiger partial charge in [-0.3, -0.25) is 4.79 Å². The number of nitrogens with zero attached hydrogens (tertiary/aromatic N) is 2. The van der Waals surface area contributed by atoms with Crippen molar-refractivity contribution in [2.24, 2.45) is 0 Å². The first-order valence-electron chi connectivity index (χ1n) is 6.54. The first-order chi connectivity index (χ1) is 8.70. The molecule has 0 spiro atoms. The van der Waals surface area contributed by atoms with Crippen molar-refractivity contribution >= 4 is 11.6 Å². The van der Waals surface area contributed by atoms with Crippen LogP contribution in [-0.2, 0) is 4.74 Å². The summed E-state index contributed by atoms with van der Waals surface area (Å²) >= 11 is 0. The van der Waals surface area contributed by atoms with E-state index in [0.29, 0.717) is 11.7 Å². The molecule has 1 saturated heterocycles. The number of hydrogen-bond acceptors (Lipinski definition) is 4. The molecular formula is C14H20N2O2. The number of rotatable bonds is 5. The Bertz CT molecular complexity index is 397. The van der Waals surface area contributed by atoms with Crippen molar-refractivity contribution in [2.75, 3.05) is 24.6 Å². The Labute approximate surface area is 108 Å². The van der Waals surface area contributed by atoms with Crippen molar-refractivity contribution in [3.8, 4) is 0 Å². The monoisotopic (exact) mass is 248 g/mol. The maximum Gasteiger partial charge on any atom is 0.161 e. The summed E-state index contributed by atoms with van der Waals surface area (Å²) in [6.07, 6.45) is 4.25. The summed E-state index contributed by atoms with van der Waals surface area (Å²) in [5.74, 6) is 0.967. The highest BCUT2D eigenvalue weighted by molar-refractivity contribution is 5.93. The topological polar surface area (TPSA) is 42.4 Å². The van der Waals surface area contributed by atoms with Crippen molar-refractivity contribution < 1.29 is 9.53 Å². The standard InChI is InChI=1S/C14H20N2O2/c1-3-16(10-13-5-4-8-18-13)14-7-6-12(9-15-14)11(2)17/h6-7,9,13H,3-5,8,10H2,1-2H3. The average Bonchev–Trinajstić information content (AvgIpc) is 2.89. The molecule has 2 rings (SSSR count). The Hall–Kier alpha value is -1.42. The second-order valence-corrected chi connectivity index (χ2v) is 4.63. The zero-order valence-electron chi connectivity index (χ0n) is 11.1. The third kappa shape index (κ3) is 3.07. The highest BCUT2D eigenvalue weighted by Gasteiger charge is 2.19. The predicted octanol–water partition coefficient (Wildman–Crippen LogP) is 2.29. The number of carbonyl (C=O) groups is 1. The van der Waals surface area contributed by atoms with E-state index in [1.165, 1.54) is 0 Å². The third-order valence-electron chi connectivity index (χ3n) is 3.31. The van der Waals surface area contributed by atoms with Gasteiger partial charge >= 0.3 is 0 Å². The second kappa shape index (κ2) is 5.96. The second-order valence-electron chi connectivity index (χ2n) is 4.63. The van der Waals surface area contributed by atoms with Crippen LogP contribution in [0.4, 0.5) is 5.82 Å². The molecule has 1 fully saturated rings. The number of ether oxygens (including phenoxy) is 1. The van der Waals surface area contributed by atoms with Gasteiger partial charge in [-0.1, -0.05) is 0 Å². The van der Waals surface area contributed by atoms with Crippen LogP contribution < -0.4 is 4.90 Å². The average molecular weight is 248 g/mol. The molecule has 0 radical (unpaired) electrons. The van der Waals surface area contributed by atoms with Gasteiger partial charge < -0.3 is 9.64 Å². The molecule has 1 atom stereocenters. The summed E-state index contributed by atoms with van der Waals surface area (Å²) in [6, 6.07) is 3.75. The van der Waals surface area contributed by atoms with Crippen LogP contribution in [0.15, 0.2) is 18.3 Å². The molecule has 4 heteroatoms. The van der Waals surface area contributed by atoms with Gasteiger partial charge in [0.15, 0.2) is 5.78 Å². The van der Waals surface area contributed by atoms with Crippen molar-refractivity contribution in [1.82, 2.24) is 4.98 Å². The van der Waals surface area contributed by atoms with E-state index in [2.05, 4.69) is 16.8 Å². The van der Waals surface area contributed by atoms with E-state index in [-0.39, 0.29) is 5.78 Å². The molecule has 0 aliphatic carbocycles. The predicted molar refractivity (Wildman–Crippen MR) is 71.1 cm³/mol. The van der Waals surface area contributed by atoms with Crippen LogP contribution in [0.5, 0.6) is 0 Å². The Morgan fingerprint density at radius 3 is 2.89 bits per heavy atom. The minimum Gasteiger partial charge on any atom is -0.376 e. The molecule has 1 aromatic rings. The lowest BCUT2D eigenvalue weighted by molar-refractivity contribution is 0.101. The fraction of sp³-hybridized carbons (Fsp3) is 0.571. The summed E-state index contributed by atoms with van der Waals surface area (Å²) in [4.78, 5) is 17.8. The van der Waals surface area contributed by atoms with E-state index in [1.807, 2.05) is 12.1 Å². The van der Waals surface area contributed by atoms with E-state index in [9.17, 15) is 4.79 Å². The Balaban J connectivity index is 2.04. The lowest BCUT2D eigenvalue weighted by Crippen LogP contribution is -2.32. The molecule has 1 aromatic heterocycles. The summed E-state index contributed by atoms with van der Waals surface area (Å²) < 4.78 is 5.65. The molecule has 18 heavy (non-hydrogen) atoms. The number of anilines is 1. The van der Waals surface area contributed by atoms with Crippen molar-refractivity contribution in [2.45, 2.75) is 32.8 Å². The lowest BCUT2D eigenvalue weighted by atomic mass is 10.2. The van der Waals surface area contributed by atoms with Crippen LogP contribution in [0, 0.1) is 0 Å². The lowest BCUT2D eigenvalue weighted by Gasteiger charge is -2.24. The van der Waals surface area contributed by atoms with Crippen LogP contribution in [0.1, 0.15) is 37.0 Å². The van der Waals surface area contributed by atoms with Crippen molar-refractivity contribution in [3.63, 3.8) is 0 Å². The minimum atomic E-state index is 0.0521. The van der Waals surface area contributed by atoms with Gasteiger partial charge in [-0.25, -0.2) is 4.98 Å². The number of Topliss-reactive ketones (excluding diaryl/α,β-unsaturated/α-hetero) is 1. The number of aromatic nitrogens is 1. The zero-order valence-corrected chi connectivity index (χ0v) is 11.1. The molecule has 0 bridgehead atoms. The van der Waals surface area contributed by atoms with E-state index in [1.54, 1.807) is 13.1 Å². The summed E-state index contributed by atoms with van der Waals surface area (Å²) in [6.45, 7) is 6.31. The molecule has 1 aliphatic rings. The fourth-order valence-electron chi connectivity index (χ4n) is 2.20. The molecular weight excluding hydrogens is 228 g/mol. The third-order valence-corrected chi connectivity index (χ3v) is 3.31. The van der Waals surface area contributed by atoms with Crippen molar-refractivity contribution in [1.29, 1.82) is 0 Å². The van der Waals surface area contributed by atoms with E-state index in [0.717, 1.165) is 38.4 Å². The zero-order chi connectivity index (χ0) is 13.0. The van der Waals surface area contributed by atoms with Crippen LogP contribution >= 0.6 is 0 Å². The first-order valence-corrected chi connectivity index (χ1v) is 6.54. The van der Waals surface area contributed by atoms with Gasteiger partial charge in [0, 0.05) is 31.5 Å². The smallest absolute Gasteiger partial charge is 0.161 e. The van der Waals surface area contributed by atoms with Gasteiger partial charge in [0.25, 0.3) is 0 Å². The summed E-state index contributed by atoms with van der Waals surface area (Å²) in [5, 5.41) is 0. The Morgan fingerprint density at radius 1 is 1.56 bits per heavy atom. The molecule has 0 aromatic carbocycles. The van der Waals surface area contributed by atoms with Gasteiger partial charge in [-0.2, -0.15) is 0 Å². The maximum absolute atomic E-state index is 11.2. The van der Waals surface area contributed by atoms with E-state index < -0.39 is 0 Å². The van der Waals surface area contributed by atoms with Crippen LogP contribution in [-0.4, -0.2) is 36.6 Å². The van der Waals surface area contributed by atoms with Crippen molar-refractivity contribution in [3.05, 3.63) is 23.9 Å². The largest absolute Gasteiger partial charge is 0.376 e. The molecule has 1 aliphatic heterocycles. The molecule has 0 N–H and O–H groups in total. The molecule has 1 unspecified atom stereocenters. The first kappa shape index (κ1) is 13.0. The molecule has 98 valence electrons. The SMILES string of the molecule is CCN(CC1CCCO1)c1ccc(C(C)=O)cn1. The number of carbonyl (C=O) groups excluding carboxylic acids is 1. The van der Waals surface area contributed by atoms with Crippen LogP contribution in [0.3, 0.4) is 0 Å². The number of hydrogen-bond donors (Lipinski definition) is 0. The van der Waals surface area contributed by atoms with Crippen LogP contribution in [0.2, 0.25) is 0 Å². The van der Waals surface area contributed by atoms with Crippen LogP contribution in [0.25, 0.3) is 0 Å². The van der Waals surface area contributed by atoms with Gasteiger partial charge in [-0.15, -0.1) is 0 Å². The highest BCUT2D eigenvalue weighted by Crippen LogP contribution is 2.17. The quantitative estimate of drug-likeness (QED) is 0.750. The van der Waals surface area contributed by atoms with E-state index >= 15 is 0 Å². The molecule has 2 heterocycles. The number of ketones is 1. The van der Waals surface area contributed by atoms with Gasteiger partial charge in [-0.05, 0) is 38.8 Å². The van der Waals surface area contributed by atoms with Gasteiger partial charge in [0.05, 0.1) is 6.10 Å². The summed E-state index contributed by atoms with van der Waals surface area (Å²) in [5.41, 5.74) is 0.659. The minimum absolute atomic E-state index is 0.0521. The molecule has 0 amide bonds. The summed E-state index contributed by atoms with van der Waals surface area (Å²) in [7, 11) is 0. The fourth-order valence-corrected chi connectivity index (χ4v) is 2.20. The molecule has 0 saturated carbocycles. The number of pyridine rings is 1. The van der Waals surface area contributed by atoms with Gasteiger partial charge in [0.2, 0.25) is 0 Å². The van der Waals surface area contributed by atoms with Gasteiger partial charge in [0.1, 0.15) is 5.82 Å². The normalized spacial score (nSPS) is 18.9. The van der Waals surface area contributed by atoms with E-state index in [4.69, 9.17) is 4.74 Å². The Morgan fingerprint density at radius 2 is 2.39 bits per heavy atom. The maximum atomic E-state index is 11.2. The highest BCUT2D eigenvalue weighted by atomic mass is 16.5. The Kier molecular flexibility index (Phi) is 4.31. The number of likely N-dealkylation sites (N-methyl/N-ethyl adjacent to an activating group) is 1.